The van der Waals surface area contributed by atoms with Crippen molar-refractivity contribution in [1.82, 2.24) is 9.62 Å². The highest BCUT2D eigenvalue weighted by atomic mass is 32.2. The van der Waals surface area contributed by atoms with Gasteiger partial charge in [0.25, 0.3) is 0 Å². The highest BCUT2D eigenvalue weighted by molar-refractivity contribution is 7.89. The van der Waals surface area contributed by atoms with Crippen LogP contribution in [-0.2, 0) is 21.4 Å². The van der Waals surface area contributed by atoms with Crippen LogP contribution >= 0.6 is 0 Å². The fourth-order valence-electron chi connectivity index (χ4n) is 5.78. The van der Waals surface area contributed by atoms with Gasteiger partial charge in [0.1, 0.15) is 5.78 Å². The number of carbonyl (C=O) groups excluding carboxylic acids is 1. The molecule has 154 valence electrons. The molecule has 1 heterocycles. The van der Waals surface area contributed by atoms with Crippen molar-refractivity contribution >= 4 is 15.8 Å². The van der Waals surface area contributed by atoms with Crippen molar-refractivity contribution in [1.29, 1.82) is 0 Å². The van der Waals surface area contributed by atoms with Crippen LogP contribution in [0.25, 0.3) is 0 Å². The Morgan fingerprint density at radius 3 is 2.36 bits per heavy atom. The van der Waals surface area contributed by atoms with E-state index in [1.807, 2.05) is 6.07 Å². The Morgan fingerprint density at radius 2 is 1.79 bits per heavy atom. The van der Waals surface area contributed by atoms with Gasteiger partial charge in [-0.15, -0.1) is 0 Å². The Morgan fingerprint density at radius 1 is 1.11 bits per heavy atom. The number of nitrogens with one attached hydrogen (secondary N) is 1. The molecule has 1 aliphatic heterocycles. The molecule has 28 heavy (non-hydrogen) atoms. The average Bonchev–Trinajstić information content (AvgIpc) is 2.98. The molecule has 0 amide bonds. The van der Waals surface area contributed by atoms with E-state index in [1.54, 1.807) is 0 Å². The van der Waals surface area contributed by atoms with Crippen molar-refractivity contribution < 1.29 is 13.2 Å². The van der Waals surface area contributed by atoms with Gasteiger partial charge in [-0.25, -0.2) is 13.1 Å². The second kappa shape index (κ2) is 7.22. The lowest BCUT2D eigenvalue weighted by Gasteiger charge is -2.37. The summed E-state index contributed by atoms with van der Waals surface area (Å²) in [6.45, 7) is 6.87. The van der Waals surface area contributed by atoms with Gasteiger partial charge in [-0.05, 0) is 42.6 Å². The molecular weight excluding hydrogens is 372 g/mol. The van der Waals surface area contributed by atoms with Crippen molar-refractivity contribution in [2.75, 3.05) is 18.8 Å². The summed E-state index contributed by atoms with van der Waals surface area (Å²) in [5, 5.41) is 0. The molecule has 2 bridgehead atoms. The molecule has 2 atom stereocenters. The van der Waals surface area contributed by atoms with Crippen LogP contribution in [0.5, 0.6) is 0 Å². The van der Waals surface area contributed by atoms with E-state index in [2.05, 4.69) is 47.7 Å². The maximum Gasteiger partial charge on any atom is 0.212 e. The third-order valence-corrected chi connectivity index (χ3v) is 9.32. The highest BCUT2D eigenvalue weighted by Gasteiger charge is 2.65. The zero-order valence-corrected chi connectivity index (χ0v) is 17.8. The van der Waals surface area contributed by atoms with Gasteiger partial charge in [0.05, 0.1) is 5.75 Å². The molecule has 4 rings (SSSR count). The minimum Gasteiger partial charge on any atom is -0.299 e. The normalized spacial score (nSPS) is 30.8. The number of sulfonamides is 1. The van der Waals surface area contributed by atoms with Gasteiger partial charge in [-0.2, -0.15) is 0 Å². The van der Waals surface area contributed by atoms with Crippen LogP contribution < -0.4 is 4.72 Å². The summed E-state index contributed by atoms with van der Waals surface area (Å²) in [5.41, 5.74) is 0.397. The fourth-order valence-corrected chi connectivity index (χ4v) is 7.93. The molecule has 2 aliphatic carbocycles. The van der Waals surface area contributed by atoms with E-state index in [4.69, 9.17) is 0 Å². The number of rotatable bonds is 6. The number of carbonyl (C=O) groups is 1. The third kappa shape index (κ3) is 3.55. The van der Waals surface area contributed by atoms with E-state index < -0.39 is 15.4 Å². The van der Waals surface area contributed by atoms with Crippen molar-refractivity contribution in [3.05, 3.63) is 35.9 Å². The number of benzene rings is 1. The van der Waals surface area contributed by atoms with Gasteiger partial charge in [-0.3, -0.25) is 9.69 Å². The van der Waals surface area contributed by atoms with Crippen LogP contribution in [0.3, 0.4) is 0 Å². The Bertz CT molecular complexity index is 829. The summed E-state index contributed by atoms with van der Waals surface area (Å²) in [4.78, 5) is 15.0. The van der Waals surface area contributed by atoms with Crippen LogP contribution in [0.15, 0.2) is 30.3 Å². The summed E-state index contributed by atoms with van der Waals surface area (Å²) in [6.07, 6.45) is 3.89. The maximum absolute atomic E-state index is 13.0. The lowest BCUT2D eigenvalue weighted by atomic mass is 9.70. The number of hydrogen-bond acceptors (Lipinski definition) is 4. The Kier molecular flexibility index (Phi) is 5.17. The zero-order valence-electron chi connectivity index (χ0n) is 17.0. The Labute approximate surface area is 168 Å². The van der Waals surface area contributed by atoms with Gasteiger partial charge in [-0.1, -0.05) is 44.2 Å². The molecule has 0 aromatic heterocycles. The van der Waals surface area contributed by atoms with E-state index in [0.29, 0.717) is 12.3 Å². The molecule has 2 saturated carbocycles. The molecule has 0 spiro atoms. The maximum atomic E-state index is 13.0. The van der Waals surface area contributed by atoms with Gasteiger partial charge in [0, 0.05) is 37.5 Å². The zero-order chi connectivity index (χ0) is 20.0. The summed E-state index contributed by atoms with van der Waals surface area (Å²) in [5.74, 6) is 0.472. The minimum absolute atomic E-state index is 0.0229. The molecule has 1 aromatic carbocycles. The molecule has 1 N–H and O–H groups in total. The lowest BCUT2D eigenvalue weighted by molar-refractivity contribution is -0.128. The van der Waals surface area contributed by atoms with Crippen molar-refractivity contribution in [3.8, 4) is 0 Å². The van der Waals surface area contributed by atoms with E-state index >= 15 is 0 Å². The molecule has 5 nitrogen and oxygen atoms in total. The first-order chi connectivity index (χ1) is 13.2. The molecule has 3 aliphatic rings. The number of ketones is 1. The first kappa shape index (κ1) is 20.0. The molecule has 0 radical (unpaired) electrons. The summed E-state index contributed by atoms with van der Waals surface area (Å²) in [7, 11) is -3.48. The average molecular weight is 405 g/mol. The number of Topliss-reactive ketones (excluding diaryl/α,β-unsaturated/α-hetero) is 1. The molecule has 6 heteroatoms. The highest BCUT2D eigenvalue weighted by Crippen LogP contribution is 2.64. The fraction of sp³-hybridized carbons (Fsp3) is 0.682. The first-order valence-corrected chi connectivity index (χ1v) is 12.2. The van der Waals surface area contributed by atoms with Gasteiger partial charge in [0.15, 0.2) is 0 Å². The molecule has 1 aromatic rings. The number of nitrogens with zero attached hydrogens (tertiary/aromatic N) is 1. The van der Waals surface area contributed by atoms with Crippen molar-refractivity contribution in [2.45, 2.75) is 58.5 Å². The Hall–Kier alpha value is -1.24. The third-order valence-electron chi connectivity index (χ3n) is 7.76. The summed E-state index contributed by atoms with van der Waals surface area (Å²) in [6, 6.07) is 10.4. The van der Waals surface area contributed by atoms with Crippen molar-refractivity contribution in [2.24, 2.45) is 16.7 Å². The second-order valence-electron chi connectivity index (χ2n) is 9.58. The van der Waals surface area contributed by atoms with Crippen molar-refractivity contribution in [3.63, 3.8) is 0 Å². The number of fused-ring (bicyclic) bond motifs is 2. The van der Waals surface area contributed by atoms with Crippen LogP contribution in [0.2, 0.25) is 0 Å². The van der Waals surface area contributed by atoms with E-state index in [1.165, 1.54) is 5.56 Å². The largest absolute Gasteiger partial charge is 0.299 e. The SMILES string of the molecule is CC1(C)[C@H]2CC[C@]1(CS(=O)(=O)NC1CCN(Cc3ccccc3)CC1)C(=O)C2. The minimum atomic E-state index is -3.48. The van der Waals surface area contributed by atoms with Gasteiger partial charge in [0.2, 0.25) is 10.0 Å². The van der Waals surface area contributed by atoms with Crippen LogP contribution in [0.1, 0.15) is 51.5 Å². The number of hydrogen-bond donors (Lipinski definition) is 1. The molecule has 3 fully saturated rings. The monoisotopic (exact) mass is 404 g/mol. The number of piperidine rings is 1. The van der Waals surface area contributed by atoms with E-state index in [-0.39, 0.29) is 23.0 Å². The standard InChI is InChI=1S/C22H32N2O3S/c1-21(2)18-8-11-22(21,20(25)14-18)16-28(26,27)23-19-9-12-24(13-10-19)15-17-6-4-3-5-7-17/h3-7,18-19,23H,8-16H2,1-2H3/t18-,22-/m0/s1. The van der Waals surface area contributed by atoms with E-state index in [0.717, 1.165) is 45.3 Å². The lowest BCUT2D eigenvalue weighted by Crippen LogP contribution is -2.49. The van der Waals surface area contributed by atoms with E-state index in [9.17, 15) is 13.2 Å². The smallest absolute Gasteiger partial charge is 0.212 e. The predicted molar refractivity (Wildman–Crippen MR) is 110 cm³/mol. The molecular formula is C22H32N2O3S. The summed E-state index contributed by atoms with van der Waals surface area (Å²) >= 11 is 0. The Balaban J connectivity index is 1.34. The quantitative estimate of drug-likeness (QED) is 0.792. The van der Waals surface area contributed by atoms with Crippen LogP contribution in [-0.4, -0.2) is 44.0 Å². The first-order valence-electron chi connectivity index (χ1n) is 10.5. The number of likely N-dealkylation sites (tertiary alicyclic amines) is 1. The predicted octanol–water partition coefficient (Wildman–Crippen LogP) is 2.97. The van der Waals surface area contributed by atoms with Crippen LogP contribution in [0.4, 0.5) is 0 Å². The van der Waals surface area contributed by atoms with Gasteiger partial charge >= 0.3 is 0 Å². The van der Waals surface area contributed by atoms with Crippen LogP contribution in [0, 0.1) is 16.7 Å². The molecule has 1 saturated heterocycles. The second-order valence-corrected chi connectivity index (χ2v) is 11.3. The van der Waals surface area contributed by atoms with Gasteiger partial charge < -0.3 is 0 Å². The topological polar surface area (TPSA) is 66.5 Å². The summed E-state index contributed by atoms with van der Waals surface area (Å²) < 4.78 is 28.9. The molecule has 0 unspecified atom stereocenters.